The zero-order valence-electron chi connectivity index (χ0n) is 19.0. The Morgan fingerprint density at radius 3 is 2.60 bits per heavy atom. The number of para-hydroxylation sites is 1. The third-order valence-electron chi connectivity index (χ3n) is 5.14. The molecule has 0 spiro atoms. The summed E-state index contributed by atoms with van der Waals surface area (Å²) in [5, 5.41) is 9.50. The second-order valence-corrected chi connectivity index (χ2v) is 7.65. The SMILES string of the molecule is COc1cccc(NC(=O)c2ccccc2NC(=O)CCCc2nc(-c3ccc(F)cc3)no2)c1. The van der Waals surface area contributed by atoms with E-state index in [1.165, 1.54) is 12.1 Å². The average Bonchev–Trinajstić information content (AvgIpc) is 3.34. The van der Waals surface area contributed by atoms with E-state index in [-0.39, 0.29) is 24.1 Å². The number of nitrogens with one attached hydrogen (secondary N) is 2. The molecule has 0 aliphatic rings. The summed E-state index contributed by atoms with van der Waals surface area (Å²) in [6, 6.07) is 19.6. The molecule has 4 aromatic rings. The highest BCUT2D eigenvalue weighted by Crippen LogP contribution is 2.21. The first kappa shape index (κ1) is 23.6. The van der Waals surface area contributed by atoms with Gasteiger partial charge >= 0.3 is 0 Å². The maximum atomic E-state index is 13.1. The van der Waals surface area contributed by atoms with Gasteiger partial charge in [-0.05, 0) is 55.0 Å². The summed E-state index contributed by atoms with van der Waals surface area (Å²) in [4.78, 5) is 29.6. The van der Waals surface area contributed by atoms with Crippen LogP contribution in [0.25, 0.3) is 11.4 Å². The molecule has 0 aliphatic carbocycles. The van der Waals surface area contributed by atoms with Gasteiger partial charge in [0.25, 0.3) is 5.91 Å². The molecule has 0 saturated heterocycles. The van der Waals surface area contributed by atoms with Gasteiger partial charge in [0.2, 0.25) is 17.6 Å². The van der Waals surface area contributed by atoms with Crippen LogP contribution in [-0.2, 0) is 11.2 Å². The van der Waals surface area contributed by atoms with Gasteiger partial charge in [-0.15, -0.1) is 0 Å². The number of aryl methyl sites for hydroxylation is 1. The van der Waals surface area contributed by atoms with Crippen molar-refractivity contribution in [3.63, 3.8) is 0 Å². The topological polar surface area (TPSA) is 106 Å². The number of rotatable bonds is 9. The zero-order chi connectivity index (χ0) is 24.6. The fourth-order valence-corrected chi connectivity index (χ4v) is 3.37. The van der Waals surface area contributed by atoms with E-state index in [4.69, 9.17) is 9.26 Å². The molecule has 0 bridgehead atoms. The van der Waals surface area contributed by atoms with Gasteiger partial charge in [-0.25, -0.2) is 4.39 Å². The van der Waals surface area contributed by atoms with Gasteiger partial charge in [0.1, 0.15) is 11.6 Å². The summed E-state index contributed by atoms with van der Waals surface area (Å²) in [5.41, 5.74) is 1.97. The number of amides is 2. The molecule has 3 aromatic carbocycles. The number of methoxy groups -OCH3 is 1. The van der Waals surface area contributed by atoms with Crippen molar-refractivity contribution in [2.24, 2.45) is 0 Å². The Hall–Kier alpha value is -4.53. The van der Waals surface area contributed by atoms with Gasteiger partial charge in [-0.1, -0.05) is 23.4 Å². The van der Waals surface area contributed by atoms with Crippen LogP contribution in [0.5, 0.6) is 5.75 Å². The van der Waals surface area contributed by atoms with Crippen LogP contribution in [0.15, 0.2) is 77.3 Å². The fraction of sp³-hybridized carbons (Fsp3) is 0.154. The molecule has 2 amide bonds. The Labute approximate surface area is 201 Å². The van der Waals surface area contributed by atoms with Crippen molar-refractivity contribution < 1.29 is 23.2 Å². The number of hydrogen-bond donors (Lipinski definition) is 2. The van der Waals surface area contributed by atoms with Crippen LogP contribution in [0, 0.1) is 5.82 Å². The van der Waals surface area contributed by atoms with E-state index in [0.29, 0.717) is 52.8 Å². The Morgan fingerprint density at radius 1 is 1.00 bits per heavy atom. The number of carbonyl (C=O) groups is 2. The molecule has 8 nitrogen and oxygen atoms in total. The van der Waals surface area contributed by atoms with Gasteiger partial charge in [-0.2, -0.15) is 4.98 Å². The maximum absolute atomic E-state index is 13.1. The minimum atomic E-state index is -0.353. The average molecular weight is 474 g/mol. The molecule has 0 radical (unpaired) electrons. The minimum Gasteiger partial charge on any atom is -0.497 e. The van der Waals surface area contributed by atoms with Crippen molar-refractivity contribution in [3.05, 3.63) is 90.1 Å². The van der Waals surface area contributed by atoms with E-state index in [0.717, 1.165) is 0 Å². The molecule has 1 heterocycles. The van der Waals surface area contributed by atoms with E-state index < -0.39 is 0 Å². The lowest BCUT2D eigenvalue weighted by Gasteiger charge is -2.12. The smallest absolute Gasteiger partial charge is 0.257 e. The summed E-state index contributed by atoms with van der Waals surface area (Å²) in [5.74, 6) is 0.423. The van der Waals surface area contributed by atoms with Crippen LogP contribution >= 0.6 is 0 Å². The first-order valence-electron chi connectivity index (χ1n) is 10.9. The van der Waals surface area contributed by atoms with E-state index in [2.05, 4.69) is 20.8 Å². The molecule has 0 aliphatic heterocycles. The van der Waals surface area contributed by atoms with Crippen LogP contribution in [-0.4, -0.2) is 29.1 Å². The lowest BCUT2D eigenvalue weighted by atomic mass is 10.1. The Kier molecular flexibility index (Phi) is 7.47. The third kappa shape index (κ3) is 6.29. The van der Waals surface area contributed by atoms with Gasteiger partial charge in [0.15, 0.2) is 0 Å². The van der Waals surface area contributed by atoms with Crippen molar-refractivity contribution in [1.29, 1.82) is 0 Å². The number of benzene rings is 3. The maximum Gasteiger partial charge on any atom is 0.257 e. The van der Waals surface area contributed by atoms with Crippen LogP contribution < -0.4 is 15.4 Å². The van der Waals surface area contributed by atoms with Gasteiger partial charge in [0.05, 0.1) is 18.4 Å². The molecular formula is C26H23FN4O4. The largest absolute Gasteiger partial charge is 0.497 e. The highest BCUT2D eigenvalue weighted by atomic mass is 19.1. The van der Waals surface area contributed by atoms with Crippen LogP contribution in [0.1, 0.15) is 29.1 Å². The molecule has 0 fully saturated rings. The summed E-state index contributed by atoms with van der Waals surface area (Å²) in [6.45, 7) is 0. The van der Waals surface area contributed by atoms with Gasteiger partial charge in [0, 0.05) is 30.2 Å². The lowest BCUT2D eigenvalue weighted by molar-refractivity contribution is -0.116. The normalized spacial score (nSPS) is 10.6. The van der Waals surface area contributed by atoms with Crippen LogP contribution in [0.4, 0.5) is 15.8 Å². The number of halogens is 1. The quantitative estimate of drug-likeness (QED) is 0.350. The van der Waals surface area contributed by atoms with Crippen molar-refractivity contribution in [3.8, 4) is 17.1 Å². The molecule has 0 unspecified atom stereocenters. The lowest BCUT2D eigenvalue weighted by Crippen LogP contribution is -2.18. The van der Waals surface area contributed by atoms with E-state index in [1.807, 2.05) is 0 Å². The summed E-state index contributed by atoms with van der Waals surface area (Å²) < 4.78 is 23.5. The van der Waals surface area contributed by atoms with E-state index in [9.17, 15) is 14.0 Å². The van der Waals surface area contributed by atoms with Gasteiger partial charge in [-0.3, -0.25) is 9.59 Å². The van der Waals surface area contributed by atoms with Crippen LogP contribution in [0.3, 0.4) is 0 Å². The van der Waals surface area contributed by atoms with Crippen molar-refractivity contribution >= 4 is 23.2 Å². The fourth-order valence-electron chi connectivity index (χ4n) is 3.37. The second-order valence-electron chi connectivity index (χ2n) is 7.65. The number of carbonyl (C=O) groups excluding carboxylic acids is 2. The summed E-state index contributed by atoms with van der Waals surface area (Å²) >= 11 is 0. The molecule has 4 rings (SSSR count). The molecule has 35 heavy (non-hydrogen) atoms. The van der Waals surface area contributed by atoms with Gasteiger partial charge < -0.3 is 19.9 Å². The number of nitrogens with zero attached hydrogens (tertiary/aromatic N) is 2. The highest BCUT2D eigenvalue weighted by molar-refractivity contribution is 6.10. The Balaban J connectivity index is 1.32. The molecule has 1 aromatic heterocycles. The van der Waals surface area contributed by atoms with E-state index in [1.54, 1.807) is 67.8 Å². The molecule has 178 valence electrons. The Bertz CT molecular complexity index is 1320. The number of anilines is 2. The van der Waals surface area contributed by atoms with Crippen molar-refractivity contribution in [1.82, 2.24) is 10.1 Å². The standard InChI is InChI=1S/C26H23FN4O4/c1-34-20-7-4-6-19(16-20)28-26(33)21-8-2-3-9-22(21)29-23(32)10-5-11-24-30-25(31-35-24)17-12-14-18(27)15-13-17/h2-4,6-9,12-16H,5,10-11H2,1H3,(H,28,33)(H,29,32). The first-order valence-corrected chi connectivity index (χ1v) is 10.9. The number of hydrogen-bond acceptors (Lipinski definition) is 6. The van der Waals surface area contributed by atoms with E-state index >= 15 is 0 Å². The minimum absolute atomic E-state index is 0.195. The van der Waals surface area contributed by atoms with Crippen molar-refractivity contribution in [2.45, 2.75) is 19.3 Å². The second kappa shape index (κ2) is 11.1. The summed E-state index contributed by atoms with van der Waals surface area (Å²) in [6.07, 6.45) is 1.06. The van der Waals surface area contributed by atoms with Crippen molar-refractivity contribution in [2.75, 3.05) is 17.7 Å². The molecule has 2 N–H and O–H groups in total. The predicted molar refractivity (Wildman–Crippen MR) is 129 cm³/mol. The molecule has 0 saturated carbocycles. The molecular weight excluding hydrogens is 451 g/mol. The first-order chi connectivity index (χ1) is 17.0. The monoisotopic (exact) mass is 474 g/mol. The Morgan fingerprint density at radius 2 is 1.80 bits per heavy atom. The zero-order valence-corrected chi connectivity index (χ0v) is 19.0. The number of aromatic nitrogens is 2. The number of ether oxygens (including phenoxy) is 1. The highest BCUT2D eigenvalue weighted by Gasteiger charge is 2.15. The predicted octanol–water partition coefficient (Wildman–Crippen LogP) is 5.10. The van der Waals surface area contributed by atoms with Crippen LogP contribution in [0.2, 0.25) is 0 Å². The summed E-state index contributed by atoms with van der Waals surface area (Å²) in [7, 11) is 1.55. The molecule has 9 heteroatoms. The third-order valence-corrected chi connectivity index (χ3v) is 5.14. The molecule has 0 atom stereocenters.